The Morgan fingerprint density at radius 2 is 1.74 bits per heavy atom. The summed E-state index contributed by atoms with van der Waals surface area (Å²) in [5.41, 5.74) is -0.514. The molecule has 2 aliphatic rings. The molecule has 2 aromatic rings. The minimum absolute atomic E-state index is 0.0292. The summed E-state index contributed by atoms with van der Waals surface area (Å²) in [6.07, 6.45) is -7.18. The van der Waals surface area contributed by atoms with Crippen LogP contribution < -0.4 is 0 Å². The van der Waals surface area contributed by atoms with Crippen molar-refractivity contribution in [1.82, 2.24) is 0 Å². The molecule has 2 heterocycles. The molecule has 5 atom stereocenters. The topological polar surface area (TPSA) is 183 Å². The van der Waals surface area contributed by atoms with Crippen LogP contribution in [0.3, 0.4) is 0 Å². The van der Waals surface area contributed by atoms with Crippen molar-refractivity contribution in [2.24, 2.45) is 0 Å². The molecule has 1 fully saturated rings. The van der Waals surface area contributed by atoms with Gasteiger partial charge in [0, 0.05) is 5.56 Å². The maximum atomic E-state index is 12.6. The van der Waals surface area contributed by atoms with Crippen LogP contribution in [0.4, 0.5) is 0 Å². The molecule has 164 valence electrons. The third-order valence-electron chi connectivity index (χ3n) is 5.23. The van der Waals surface area contributed by atoms with Gasteiger partial charge in [0.1, 0.15) is 24.1 Å². The number of ether oxygens (including phenoxy) is 3. The first-order valence-electron chi connectivity index (χ1n) is 9.16. The number of fused-ring (bicyclic) bond motifs is 3. The minimum Gasteiger partial charge on any atom is -0.508 e. The summed E-state index contributed by atoms with van der Waals surface area (Å²) in [6.45, 7) is -0.703. The number of phenolic OH excluding ortho intramolecular Hbond substituents is 4. The van der Waals surface area contributed by atoms with Crippen LogP contribution in [0.25, 0.3) is 0 Å². The lowest BCUT2D eigenvalue weighted by molar-refractivity contribution is -0.235. The number of benzene rings is 2. The highest BCUT2D eigenvalue weighted by atomic mass is 16.6. The second-order valence-corrected chi connectivity index (χ2v) is 7.11. The van der Waals surface area contributed by atoms with Crippen molar-refractivity contribution in [3.63, 3.8) is 0 Å². The number of hydrogen-bond donors (Lipinski definition) is 6. The second-order valence-electron chi connectivity index (χ2n) is 7.11. The van der Waals surface area contributed by atoms with Crippen LogP contribution >= 0.6 is 0 Å². The van der Waals surface area contributed by atoms with E-state index in [-0.39, 0.29) is 22.4 Å². The molecule has 0 amide bonds. The summed E-state index contributed by atoms with van der Waals surface area (Å²) in [5.74, 6) is -4.54. The number of carbonyl (C=O) groups is 2. The molecular weight excluding hydrogens is 416 g/mol. The number of hydrogen-bond acceptors (Lipinski definition) is 11. The maximum Gasteiger partial charge on any atom is 0.339 e. The second kappa shape index (κ2) is 7.61. The Kier molecular flexibility index (Phi) is 5.09. The van der Waals surface area contributed by atoms with Gasteiger partial charge in [0.15, 0.2) is 23.7 Å². The Morgan fingerprint density at radius 3 is 2.39 bits per heavy atom. The highest BCUT2D eigenvalue weighted by molar-refractivity contribution is 5.95. The average molecular weight is 434 g/mol. The van der Waals surface area contributed by atoms with E-state index in [1.54, 1.807) is 0 Å². The minimum atomic E-state index is -1.60. The van der Waals surface area contributed by atoms with Gasteiger partial charge < -0.3 is 44.8 Å². The van der Waals surface area contributed by atoms with E-state index in [1.807, 2.05) is 0 Å². The van der Waals surface area contributed by atoms with Gasteiger partial charge in [0.2, 0.25) is 5.75 Å². The molecule has 11 heteroatoms. The smallest absolute Gasteiger partial charge is 0.339 e. The number of phenols is 4. The first-order valence-corrected chi connectivity index (χ1v) is 9.16. The van der Waals surface area contributed by atoms with E-state index in [0.29, 0.717) is 0 Å². The molecular formula is C20H18O11. The fourth-order valence-corrected chi connectivity index (χ4v) is 3.67. The van der Waals surface area contributed by atoms with Crippen molar-refractivity contribution < 1.29 is 54.4 Å². The molecule has 1 saturated heterocycles. The molecule has 11 nitrogen and oxygen atoms in total. The van der Waals surface area contributed by atoms with Crippen molar-refractivity contribution >= 4 is 11.9 Å². The zero-order valence-corrected chi connectivity index (χ0v) is 15.7. The van der Waals surface area contributed by atoms with Crippen molar-refractivity contribution in [3.8, 4) is 23.0 Å². The Hall–Kier alpha value is -3.54. The summed E-state index contributed by atoms with van der Waals surface area (Å²) >= 11 is 0. The van der Waals surface area contributed by atoms with Crippen LogP contribution in [-0.2, 0) is 14.2 Å². The predicted octanol–water partition coefficient (Wildman–Crippen LogP) is 0.0667. The van der Waals surface area contributed by atoms with E-state index < -0.39 is 66.3 Å². The van der Waals surface area contributed by atoms with Crippen LogP contribution in [0.5, 0.6) is 23.0 Å². The zero-order valence-electron chi connectivity index (χ0n) is 15.7. The Bertz CT molecular complexity index is 1030. The van der Waals surface area contributed by atoms with E-state index in [4.69, 9.17) is 14.2 Å². The third kappa shape index (κ3) is 3.38. The molecule has 4 rings (SSSR count). The molecule has 0 aromatic heterocycles. The Labute approximate surface area is 174 Å². The zero-order chi connectivity index (χ0) is 22.4. The van der Waals surface area contributed by atoms with E-state index in [1.165, 1.54) is 24.3 Å². The van der Waals surface area contributed by atoms with Crippen LogP contribution in [0.2, 0.25) is 0 Å². The maximum absolute atomic E-state index is 12.6. The van der Waals surface area contributed by atoms with Gasteiger partial charge in [-0.1, -0.05) is 0 Å². The van der Waals surface area contributed by atoms with Gasteiger partial charge >= 0.3 is 11.9 Å². The summed E-state index contributed by atoms with van der Waals surface area (Å²) in [5, 5.41) is 59.4. The lowest BCUT2D eigenvalue weighted by Crippen LogP contribution is -2.59. The molecule has 0 unspecified atom stereocenters. The summed E-state index contributed by atoms with van der Waals surface area (Å²) in [6, 6.07) is 5.93. The van der Waals surface area contributed by atoms with E-state index in [9.17, 15) is 40.2 Å². The van der Waals surface area contributed by atoms with E-state index in [0.717, 1.165) is 6.07 Å². The van der Waals surface area contributed by atoms with Crippen LogP contribution in [0.15, 0.2) is 30.3 Å². The Morgan fingerprint density at radius 1 is 1.06 bits per heavy atom. The molecule has 0 saturated carbocycles. The number of carbonyl (C=O) groups excluding carboxylic acids is 2. The first-order chi connectivity index (χ1) is 14.7. The summed E-state index contributed by atoms with van der Waals surface area (Å²) < 4.78 is 16.2. The predicted molar refractivity (Wildman–Crippen MR) is 98.7 cm³/mol. The number of aliphatic hydroxyl groups excluding tert-OH is 2. The molecule has 0 aliphatic carbocycles. The lowest BCUT2D eigenvalue weighted by atomic mass is 9.86. The summed E-state index contributed by atoms with van der Waals surface area (Å²) in [4.78, 5) is 25.0. The highest BCUT2D eigenvalue weighted by Gasteiger charge is 2.54. The number of aliphatic hydroxyl groups is 2. The number of rotatable bonds is 3. The van der Waals surface area contributed by atoms with E-state index in [2.05, 4.69) is 0 Å². The quantitative estimate of drug-likeness (QED) is 0.284. The monoisotopic (exact) mass is 434 g/mol. The average Bonchev–Trinajstić information content (AvgIpc) is 2.75. The van der Waals surface area contributed by atoms with Crippen molar-refractivity contribution in [2.45, 2.75) is 30.5 Å². The number of aromatic hydroxyl groups is 4. The van der Waals surface area contributed by atoms with Crippen LogP contribution in [-0.4, -0.2) is 73.6 Å². The van der Waals surface area contributed by atoms with Gasteiger partial charge in [-0.3, -0.25) is 0 Å². The number of esters is 2. The molecule has 31 heavy (non-hydrogen) atoms. The standard InChI is InChI=1S/C20H18O11/c21-6-11-14(25)17(30-19(27)7-1-3-8(22)4-2-7)18-16(29-11)12-9(20(28)31-18)5-10(23)13(24)15(12)26/h1-5,11,14,16-18,21-26H,6H2/t11-,14-,16+,17+,18+/m0/s1. The van der Waals surface area contributed by atoms with Gasteiger partial charge in [0.25, 0.3) is 0 Å². The van der Waals surface area contributed by atoms with Gasteiger partial charge in [-0.2, -0.15) is 0 Å². The van der Waals surface area contributed by atoms with Gasteiger partial charge in [-0.05, 0) is 30.3 Å². The molecule has 2 aromatic carbocycles. The Balaban J connectivity index is 1.73. The van der Waals surface area contributed by atoms with Crippen molar-refractivity contribution in [3.05, 3.63) is 47.0 Å². The van der Waals surface area contributed by atoms with Gasteiger partial charge in [-0.25, -0.2) is 9.59 Å². The molecule has 0 bridgehead atoms. The fraction of sp³-hybridized carbons (Fsp3) is 0.300. The molecule has 0 spiro atoms. The third-order valence-corrected chi connectivity index (χ3v) is 5.23. The molecule has 2 aliphatic heterocycles. The lowest BCUT2D eigenvalue weighted by Gasteiger charge is -2.45. The van der Waals surface area contributed by atoms with Crippen LogP contribution in [0.1, 0.15) is 32.4 Å². The van der Waals surface area contributed by atoms with Crippen molar-refractivity contribution in [1.29, 1.82) is 0 Å². The van der Waals surface area contributed by atoms with Gasteiger partial charge in [-0.15, -0.1) is 0 Å². The van der Waals surface area contributed by atoms with Crippen LogP contribution in [0, 0.1) is 0 Å². The van der Waals surface area contributed by atoms with Crippen molar-refractivity contribution in [2.75, 3.05) is 6.61 Å². The SMILES string of the molecule is O=C(O[C@@H]1[C@@H](O)[C@H](CO)O[C@@H]2c3c(cc(O)c(O)c3O)C(=O)O[C@@H]12)c1ccc(O)cc1. The normalized spacial score (nSPS) is 27.0. The van der Waals surface area contributed by atoms with E-state index >= 15 is 0 Å². The first kappa shape index (κ1) is 20.7. The summed E-state index contributed by atoms with van der Waals surface area (Å²) in [7, 11) is 0. The molecule has 0 radical (unpaired) electrons. The van der Waals surface area contributed by atoms with Gasteiger partial charge in [0.05, 0.1) is 17.7 Å². The highest BCUT2D eigenvalue weighted by Crippen LogP contribution is 2.49. The fourth-order valence-electron chi connectivity index (χ4n) is 3.67. The molecule has 6 N–H and O–H groups in total. The largest absolute Gasteiger partial charge is 0.508 e.